The highest BCUT2D eigenvalue weighted by Gasteiger charge is 2.19. The highest BCUT2D eigenvalue weighted by molar-refractivity contribution is 7.96. The van der Waals surface area contributed by atoms with Gasteiger partial charge in [0, 0.05) is 5.57 Å². The van der Waals surface area contributed by atoms with E-state index in [4.69, 9.17) is 4.74 Å². The number of halogens is 1. The van der Waals surface area contributed by atoms with E-state index >= 15 is 0 Å². The number of hydrogen-bond acceptors (Lipinski definition) is 3. The molecule has 0 aromatic rings. The molecule has 5 heteroatoms. The van der Waals surface area contributed by atoms with Gasteiger partial charge in [0.25, 0.3) is 0 Å². The molecule has 0 rings (SSSR count). The smallest absolute Gasteiger partial charge is 0.333 e. The first-order valence-corrected chi connectivity index (χ1v) is 7.53. The summed E-state index contributed by atoms with van der Waals surface area (Å²) in [7, 11) is 0. The molecule has 1 atom stereocenters. The molecule has 0 aromatic carbocycles. The van der Waals surface area contributed by atoms with Crippen molar-refractivity contribution in [2.75, 3.05) is 0 Å². The number of hydrogen-bond donors (Lipinski definition) is 1. The lowest BCUT2D eigenvalue weighted by Gasteiger charge is -2.14. The van der Waals surface area contributed by atoms with Crippen molar-refractivity contribution in [1.82, 2.24) is 0 Å². The fraction of sp³-hybridized carbons (Fsp3) is 0.733. The average Bonchev–Trinajstić information content (AvgIpc) is 2.35. The number of thiol groups is 1. The van der Waals surface area contributed by atoms with Gasteiger partial charge in [0.2, 0.25) is 5.12 Å². The van der Waals surface area contributed by atoms with Crippen LogP contribution in [0.1, 0.15) is 65.2 Å². The zero-order valence-electron chi connectivity index (χ0n) is 12.5. The van der Waals surface area contributed by atoms with E-state index in [-0.39, 0.29) is 17.5 Å². The van der Waals surface area contributed by atoms with Crippen LogP contribution in [0.25, 0.3) is 0 Å². The molecule has 1 unspecified atom stereocenters. The summed E-state index contributed by atoms with van der Waals surface area (Å²) in [6.07, 6.45) is 7.97. The lowest BCUT2D eigenvalue weighted by atomic mass is 10.1. The van der Waals surface area contributed by atoms with Crippen molar-refractivity contribution in [1.29, 1.82) is 0 Å². The molecule has 0 aliphatic heterocycles. The van der Waals surface area contributed by atoms with Crippen molar-refractivity contribution in [2.24, 2.45) is 0 Å². The average molecular weight is 323 g/mol. The van der Waals surface area contributed by atoms with Crippen LogP contribution < -0.4 is 0 Å². The van der Waals surface area contributed by atoms with E-state index < -0.39 is 12.1 Å². The van der Waals surface area contributed by atoms with Gasteiger partial charge in [0.1, 0.15) is 0 Å². The van der Waals surface area contributed by atoms with Crippen molar-refractivity contribution in [3.63, 3.8) is 0 Å². The molecule has 0 amide bonds. The molecule has 0 aliphatic rings. The zero-order valence-corrected chi connectivity index (χ0v) is 14.2. The quantitative estimate of drug-likeness (QED) is 0.264. The normalized spacial score (nSPS) is 11.3. The lowest BCUT2D eigenvalue weighted by Crippen LogP contribution is -2.24. The van der Waals surface area contributed by atoms with Crippen LogP contribution in [0.4, 0.5) is 0 Å². The monoisotopic (exact) mass is 322 g/mol. The summed E-state index contributed by atoms with van der Waals surface area (Å²) in [4.78, 5) is 22.6. The van der Waals surface area contributed by atoms with Crippen LogP contribution in [0, 0.1) is 0 Å². The number of unbranched alkanes of at least 4 members (excludes halogenated alkanes) is 6. The van der Waals surface area contributed by atoms with Crippen LogP contribution in [0.2, 0.25) is 0 Å². The second-order valence-electron chi connectivity index (χ2n) is 4.92. The molecule has 0 saturated heterocycles. The van der Waals surface area contributed by atoms with Crippen molar-refractivity contribution < 1.29 is 14.3 Å². The van der Waals surface area contributed by atoms with Crippen LogP contribution >= 0.6 is 25.0 Å². The van der Waals surface area contributed by atoms with Crippen LogP contribution in [0.5, 0.6) is 0 Å². The molecule has 3 nitrogen and oxygen atoms in total. The largest absolute Gasteiger partial charge is 0.450 e. The second kappa shape index (κ2) is 13.5. The summed E-state index contributed by atoms with van der Waals surface area (Å²) < 4.78 is 5.05. The number of esters is 1. The molecule has 0 saturated carbocycles. The van der Waals surface area contributed by atoms with E-state index in [1.807, 2.05) is 0 Å². The highest BCUT2D eigenvalue weighted by atomic mass is 35.5. The Hall–Kier alpha value is -0.480. The van der Waals surface area contributed by atoms with E-state index in [1.54, 1.807) is 6.92 Å². The molecule has 0 aliphatic carbocycles. The molecule has 0 N–H and O–H groups in total. The van der Waals surface area contributed by atoms with E-state index in [9.17, 15) is 9.59 Å². The molecule has 0 bridgehead atoms. The minimum absolute atomic E-state index is 0. The number of ether oxygens (including phenoxy) is 1. The lowest BCUT2D eigenvalue weighted by molar-refractivity contribution is -0.148. The number of carbonyl (C=O) groups is 2. The Balaban J connectivity index is 0. The summed E-state index contributed by atoms with van der Waals surface area (Å²) >= 11 is 3.76. The Morgan fingerprint density at radius 2 is 1.60 bits per heavy atom. The molecule has 118 valence electrons. The predicted octanol–water partition coefficient (Wildman–Crippen LogP) is 4.49. The van der Waals surface area contributed by atoms with Crippen molar-refractivity contribution >= 4 is 36.1 Å². The summed E-state index contributed by atoms with van der Waals surface area (Å²) in [6.45, 7) is 7.25. The van der Waals surface area contributed by atoms with Crippen LogP contribution in [0.3, 0.4) is 0 Å². The second-order valence-corrected chi connectivity index (χ2v) is 5.36. The fourth-order valence-electron chi connectivity index (χ4n) is 1.75. The summed E-state index contributed by atoms with van der Waals surface area (Å²) in [5, 5.41) is -0.388. The summed E-state index contributed by atoms with van der Waals surface area (Å²) in [6, 6.07) is 0. The van der Waals surface area contributed by atoms with E-state index in [2.05, 4.69) is 26.1 Å². The topological polar surface area (TPSA) is 43.4 Å². The predicted molar refractivity (Wildman–Crippen MR) is 88.5 cm³/mol. The van der Waals surface area contributed by atoms with Crippen LogP contribution in [0.15, 0.2) is 12.2 Å². The Kier molecular flexibility index (Phi) is 14.7. The Morgan fingerprint density at radius 3 is 2.05 bits per heavy atom. The fourth-order valence-corrected chi connectivity index (χ4v) is 1.93. The maximum absolute atomic E-state index is 11.4. The standard InChI is InChI=1S/C15H26O3S.ClH/c1-4-5-6-7-8-9-10-11-13(15(17)19)18-14(16)12(2)3;/h13H,2,4-11H2,1,3H3,(H,17,19);1H. The van der Waals surface area contributed by atoms with Gasteiger partial charge in [-0.3, -0.25) is 4.79 Å². The van der Waals surface area contributed by atoms with Crippen LogP contribution in [-0.2, 0) is 14.3 Å². The molecule has 0 heterocycles. The van der Waals surface area contributed by atoms with E-state index in [0.29, 0.717) is 12.0 Å². The van der Waals surface area contributed by atoms with Gasteiger partial charge in [-0.2, -0.15) is 0 Å². The molecule has 0 radical (unpaired) electrons. The highest BCUT2D eigenvalue weighted by Crippen LogP contribution is 2.13. The van der Waals surface area contributed by atoms with Gasteiger partial charge < -0.3 is 4.74 Å². The van der Waals surface area contributed by atoms with Gasteiger partial charge in [-0.1, -0.05) is 52.0 Å². The Bertz CT molecular complexity index is 305. The van der Waals surface area contributed by atoms with Crippen molar-refractivity contribution in [3.8, 4) is 0 Å². The van der Waals surface area contributed by atoms with Crippen molar-refractivity contribution in [3.05, 3.63) is 12.2 Å². The third-order valence-corrected chi connectivity index (χ3v) is 3.23. The van der Waals surface area contributed by atoms with Crippen molar-refractivity contribution in [2.45, 2.75) is 71.3 Å². The number of carbonyl (C=O) groups excluding carboxylic acids is 2. The number of rotatable bonds is 11. The summed E-state index contributed by atoms with van der Waals surface area (Å²) in [5.74, 6) is -0.518. The first-order valence-electron chi connectivity index (χ1n) is 7.08. The minimum Gasteiger partial charge on any atom is -0.450 e. The maximum atomic E-state index is 11.4. The first kappa shape index (κ1) is 21.8. The molecule has 0 aromatic heterocycles. The molecule has 0 fully saturated rings. The zero-order chi connectivity index (χ0) is 14.7. The van der Waals surface area contributed by atoms with Gasteiger partial charge in [-0.25, -0.2) is 4.79 Å². The van der Waals surface area contributed by atoms with Gasteiger partial charge in [-0.05, 0) is 19.8 Å². The first-order chi connectivity index (χ1) is 8.99. The third kappa shape index (κ3) is 11.4. The van der Waals surface area contributed by atoms with E-state index in [0.717, 1.165) is 12.8 Å². The third-order valence-electron chi connectivity index (χ3n) is 2.94. The minimum atomic E-state index is -0.733. The Labute approximate surface area is 134 Å². The van der Waals surface area contributed by atoms with Gasteiger partial charge in [-0.15, -0.1) is 25.0 Å². The van der Waals surface area contributed by atoms with Gasteiger partial charge in [0.15, 0.2) is 6.10 Å². The maximum Gasteiger partial charge on any atom is 0.333 e. The Morgan fingerprint density at radius 1 is 1.10 bits per heavy atom. The van der Waals surface area contributed by atoms with Gasteiger partial charge in [0.05, 0.1) is 0 Å². The van der Waals surface area contributed by atoms with Crippen LogP contribution in [-0.4, -0.2) is 17.2 Å². The summed E-state index contributed by atoms with van der Waals surface area (Å²) in [5.41, 5.74) is 0.305. The molecule has 20 heavy (non-hydrogen) atoms. The molecular formula is C15H27ClO3S. The molecule has 0 spiro atoms. The molecular weight excluding hydrogens is 296 g/mol. The SMILES string of the molecule is C=C(C)C(=O)OC(CCCCCCCCC)C(=O)S.Cl. The van der Waals surface area contributed by atoms with Gasteiger partial charge >= 0.3 is 5.97 Å². The van der Waals surface area contributed by atoms with E-state index in [1.165, 1.54) is 32.1 Å².